The number of halogens is 1. The fraction of sp³-hybridized carbons (Fsp3) is 0.500. The van der Waals surface area contributed by atoms with Crippen molar-refractivity contribution in [2.24, 2.45) is 0 Å². The Morgan fingerprint density at radius 2 is 2.40 bits per heavy atom. The second-order valence-corrected chi connectivity index (χ2v) is 3.14. The van der Waals surface area contributed by atoms with Gasteiger partial charge in [-0.05, 0) is 6.26 Å². The normalized spacial score (nSPS) is 10.3. The summed E-state index contributed by atoms with van der Waals surface area (Å²) in [6.07, 6.45) is 1.98. The average molecular weight is 222 g/mol. The average Bonchev–Trinajstić information content (AvgIpc) is 2.30. The molecule has 0 aliphatic carbocycles. The zero-order valence-corrected chi connectivity index (χ0v) is 8.25. The Balaban J connectivity index is 2.96. The molecule has 0 bridgehead atoms. The lowest BCUT2D eigenvalue weighted by Crippen LogP contribution is -1.78. The highest BCUT2D eigenvalue weighted by Gasteiger charge is 2.06. The predicted octanol–water partition coefficient (Wildman–Crippen LogP) is 2.60. The maximum atomic E-state index is 5.28. The second kappa shape index (κ2) is 3.44. The van der Waals surface area contributed by atoms with Crippen molar-refractivity contribution >= 4 is 27.7 Å². The molecule has 0 unspecified atom stereocenters. The van der Waals surface area contributed by atoms with E-state index in [1.807, 2.05) is 13.2 Å². The van der Waals surface area contributed by atoms with E-state index in [2.05, 4.69) is 20.9 Å². The van der Waals surface area contributed by atoms with Crippen molar-refractivity contribution in [2.45, 2.75) is 17.3 Å². The molecule has 1 heterocycles. The predicted molar refractivity (Wildman–Crippen MR) is 45.7 cm³/mol. The van der Waals surface area contributed by atoms with Gasteiger partial charge in [0.05, 0.1) is 5.33 Å². The van der Waals surface area contributed by atoms with E-state index in [9.17, 15) is 0 Å². The van der Waals surface area contributed by atoms with E-state index in [0.717, 1.165) is 22.0 Å². The lowest BCUT2D eigenvalue weighted by atomic mass is 10.6. The molecule has 0 aliphatic heterocycles. The number of nitrogens with zero attached hydrogens (tertiary/aromatic N) is 1. The van der Waals surface area contributed by atoms with Crippen LogP contribution in [0.3, 0.4) is 0 Å². The van der Waals surface area contributed by atoms with Crippen LogP contribution in [0.15, 0.2) is 9.51 Å². The Hall–Kier alpha value is 0.0400. The molecule has 4 heteroatoms. The third kappa shape index (κ3) is 1.55. The molecule has 10 heavy (non-hydrogen) atoms. The summed E-state index contributed by atoms with van der Waals surface area (Å²) in [5, 5.41) is 1.68. The number of alkyl halides is 1. The van der Waals surface area contributed by atoms with E-state index < -0.39 is 0 Å². The first kappa shape index (κ1) is 8.14. The molecule has 0 saturated carbocycles. The molecule has 0 amide bonds. The molecular formula is C6H8BrNOS. The van der Waals surface area contributed by atoms with Gasteiger partial charge in [0.15, 0.2) is 11.0 Å². The summed E-state index contributed by atoms with van der Waals surface area (Å²) < 4.78 is 5.28. The fourth-order valence-corrected chi connectivity index (χ4v) is 1.82. The molecule has 0 aromatic carbocycles. The minimum Gasteiger partial charge on any atom is -0.434 e. The Labute approximate surface area is 72.5 Å². The summed E-state index contributed by atoms with van der Waals surface area (Å²) >= 11 is 4.91. The van der Waals surface area contributed by atoms with Gasteiger partial charge in [-0.3, -0.25) is 0 Å². The highest BCUT2D eigenvalue weighted by atomic mass is 79.9. The van der Waals surface area contributed by atoms with Crippen molar-refractivity contribution in [2.75, 3.05) is 6.26 Å². The molecule has 1 aromatic rings. The third-order valence-corrected chi connectivity index (χ3v) is 2.30. The topological polar surface area (TPSA) is 26.0 Å². The minimum absolute atomic E-state index is 0.735. The SMILES string of the molecule is CSc1oc(C)nc1CBr. The lowest BCUT2D eigenvalue weighted by molar-refractivity contribution is 0.440. The van der Waals surface area contributed by atoms with E-state index in [-0.39, 0.29) is 0 Å². The maximum Gasteiger partial charge on any atom is 0.192 e. The van der Waals surface area contributed by atoms with Gasteiger partial charge in [0.1, 0.15) is 5.69 Å². The molecule has 0 spiro atoms. The Kier molecular flexibility index (Phi) is 2.80. The van der Waals surface area contributed by atoms with Gasteiger partial charge in [-0.2, -0.15) is 0 Å². The van der Waals surface area contributed by atoms with E-state index >= 15 is 0 Å². The summed E-state index contributed by atoms with van der Waals surface area (Å²) in [5.41, 5.74) is 0.991. The van der Waals surface area contributed by atoms with E-state index in [0.29, 0.717) is 0 Å². The summed E-state index contributed by atoms with van der Waals surface area (Å²) in [6, 6.07) is 0. The Morgan fingerprint density at radius 1 is 1.70 bits per heavy atom. The van der Waals surface area contributed by atoms with Crippen LogP contribution in [0.2, 0.25) is 0 Å². The number of rotatable bonds is 2. The molecule has 0 fully saturated rings. The highest BCUT2D eigenvalue weighted by Crippen LogP contribution is 2.22. The Morgan fingerprint density at radius 3 is 2.80 bits per heavy atom. The van der Waals surface area contributed by atoms with Crippen LogP contribution in [0.1, 0.15) is 11.6 Å². The zero-order chi connectivity index (χ0) is 7.56. The van der Waals surface area contributed by atoms with E-state index in [4.69, 9.17) is 4.42 Å². The summed E-state index contributed by atoms with van der Waals surface area (Å²) in [5.74, 6) is 0.735. The second-order valence-electron chi connectivity index (χ2n) is 1.80. The molecule has 56 valence electrons. The van der Waals surface area contributed by atoms with Crippen molar-refractivity contribution < 1.29 is 4.42 Å². The van der Waals surface area contributed by atoms with Gasteiger partial charge < -0.3 is 4.42 Å². The smallest absolute Gasteiger partial charge is 0.192 e. The molecule has 1 rings (SSSR count). The summed E-state index contributed by atoms with van der Waals surface area (Å²) in [4.78, 5) is 4.17. The summed E-state index contributed by atoms with van der Waals surface area (Å²) in [7, 11) is 0. The van der Waals surface area contributed by atoms with Crippen molar-refractivity contribution in [1.29, 1.82) is 0 Å². The van der Waals surface area contributed by atoms with Gasteiger partial charge in [0.25, 0.3) is 0 Å². The molecule has 0 saturated heterocycles. The first-order chi connectivity index (χ1) is 4.77. The van der Waals surface area contributed by atoms with Crippen LogP contribution in [-0.4, -0.2) is 11.2 Å². The van der Waals surface area contributed by atoms with Gasteiger partial charge in [-0.25, -0.2) is 4.98 Å². The molecule has 1 aromatic heterocycles. The third-order valence-electron chi connectivity index (χ3n) is 1.08. The van der Waals surface area contributed by atoms with Crippen LogP contribution >= 0.6 is 27.7 Å². The first-order valence-corrected chi connectivity index (χ1v) is 5.18. The number of oxazole rings is 1. The number of hydrogen-bond acceptors (Lipinski definition) is 3. The number of aryl methyl sites for hydroxylation is 1. The van der Waals surface area contributed by atoms with Crippen LogP contribution < -0.4 is 0 Å². The van der Waals surface area contributed by atoms with Crippen LogP contribution in [0, 0.1) is 6.92 Å². The van der Waals surface area contributed by atoms with Crippen molar-refractivity contribution in [1.82, 2.24) is 4.98 Å². The number of aromatic nitrogens is 1. The van der Waals surface area contributed by atoms with E-state index in [1.165, 1.54) is 0 Å². The van der Waals surface area contributed by atoms with Gasteiger partial charge >= 0.3 is 0 Å². The largest absolute Gasteiger partial charge is 0.434 e. The van der Waals surface area contributed by atoms with Crippen LogP contribution in [0.5, 0.6) is 0 Å². The standard InChI is InChI=1S/C6H8BrNOS/c1-4-8-5(3-7)6(9-4)10-2/h3H2,1-2H3. The minimum atomic E-state index is 0.735. The monoisotopic (exact) mass is 221 g/mol. The number of thioether (sulfide) groups is 1. The van der Waals surface area contributed by atoms with Gasteiger partial charge in [0, 0.05) is 6.92 Å². The zero-order valence-electron chi connectivity index (χ0n) is 5.85. The maximum absolute atomic E-state index is 5.28. The molecule has 0 N–H and O–H groups in total. The van der Waals surface area contributed by atoms with Crippen molar-refractivity contribution in [3.05, 3.63) is 11.6 Å². The van der Waals surface area contributed by atoms with Gasteiger partial charge in [-0.15, -0.1) is 0 Å². The number of hydrogen-bond donors (Lipinski definition) is 0. The van der Waals surface area contributed by atoms with E-state index in [1.54, 1.807) is 11.8 Å². The van der Waals surface area contributed by atoms with Crippen molar-refractivity contribution in [3.63, 3.8) is 0 Å². The van der Waals surface area contributed by atoms with Crippen molar-refractivity contribution in [3.8, 4) is 0 Å². The van der Waals surface area contributed by atoms with Gasteiger partial charge in [0.2, 0.25) is 0 Å². The molecule has 0 aliphatic rings. The van der Waals surface area contributed by atoms with Crippen LogP contribution in [0.25, 0.3) is 0 Å². The summed E-state index contributed by atoms with van der Waals surface area (Å²) in [6.45, 7) is 1.85. The molecule has 0 radical (unpaired) electrons. The van der Waals surface area contributed by atoms with Crippen LogP contribution in [0.4, 0.5) is 0 Å². The highest BCUT2D eigenvalue weighted by molar-refractivity contribution is 9.08. The molecule has 2 nitrogen and oxygen atoms in total. The molecular weight excluding hydrogens is 214 g/mol. The van der Waals surface area contributed by atoms with Gasteiger partial charge in [-0.1, -0.05) is 27.7 Å². The Bertz CT molecular complexity index is 202. The first-order valence-electron chi connectivity index (χ1n) is 2.84. The lowest BCUT2D eigenvalue weighted by Gasteiger charge is -1.88. The molecule has 0 atom stereocenters. The quantitative estimate of drug-likeness (QED) is 0.568. The fourth-order valence-electron chi connectivity index (χ4n) is 0.695. The van der Waals surface area contributed by atoms with Crippen LogP contribution in [-0.2, 0) is 5.33 Å².